The lowest BCUT2D eigenvalue weighted by molar-refractivity contribution is 0.192. The van der Waals surface area contributed by atoms with Crippen LogP contribution in [-0.2, 0) is 0 Å². The molecule has 0 amide bonds. The smallest absolute Gasteiger partial charge is 0.174 e. The van der Waals surface area contributed by atoms with Crippen molar-refractivity contribution in [3.63, 3.8) is 0 Å². The van der Waals surface area contributed by atoms with Crippen molar-refractivity contribution < 1.29 is 5.11 Å². The summed E-state index contributed by atoms with van der Waals surface area (Å²) in [6.07, 6.45) is 0.597. The minimum absolute atomic E-state index is 0.213. The van der Waals surface area contributed by atoms with Crippen LogP contribution in [0, 0.1) is 0 Å². The van der Waals surface area contributed by atoms with Gasteiger partial charge in [-0.3, -0.25) is 0 Å². The highest BCUT2D eigenvalue weighted by Crippen LogP contribution is 2.19. The molecule has 1 unspecified atom stereocenters. The van der Waals surface area contributed by atoms with Crippen molar-refractivity contribution in [1.29, 1.82) is 0 Å². The fourth-order valence-electron chi connectivity index (χ4n) is 0.543. The average molecular weight is 190 g/mol. The zero-order valence-electron chi connectivity index (χ0n) is 6.23. The van der Waals surface area contributed by atoms with Crippen LogP contribution in [0.1, 0.15) is 13.3 Å². The molecule has 0 bridgehead atoms. The molecule has 5 heteroatoms. The van der Waals surface area contributed by atoms with Gasteiger partial charge >= 0.3 is 0 Å². The van der Waals surface area contributed by atoms with Crippen LogP contribution in [0.15, 0.2) is 9.85 Å². The van der Waals surface area contributed by atoms with Crippen molar-refractivity contribution in [2.24, 2.45) is 0 Å². The quantitative estimate of drug-likeness (QED) is 0.729. The van der Waals surface area contributed by atoms with E-state index < -0.39 is 0 Å². The minimum Gasteiger partial charge on any atom is -0.393 e. The molecule has 1 rings (SSSR count). The van der Waals surface area contributed by atoms with E-state index in [1.807, 2.05) is 0 Å². The van der Waals surface area contributed by atoms with Gasteiger partial charge in [-0.2, -0.15) is 0 Å². The molecule has 1 aromatic rings. The monoisotopic (exact) mass is 190 g/mol. The zero-order valence-corrected chi connectivity index (χ0v) is 7.86. The first kappa shape index (κ1) is 8.96. The Morgan fingerprint density at radius 3 is 3.18 bits per heavy atom. The summed E-state index contributed by atoms with van der Waals surface area (Å²) >= 11 is 3.17. The normalized spacial score (nSPS) is 13.3. The Balaban J connectivity index is 2.14. The molecule has 3 nitrogen and oxygen atoms in total. The largest absolute Gasteiger partial charge is 0.393 e. The van der Waals surface area contributed by atoms with Crippen molar-refractivity contribution in [2.75, 3.05) is 5.75 Å². The highest BCUT2D eigenvalue weighted by molar-refractivity contribution is 8.00. The SMILES string of the molecule is CC(O)CCSc1nncs1. The van der Waals surface area contributed by atoms with Gasteiger partial charge in [0.15, 0.2) is 4.34 Å². The standard InChI is InChI=1S/C6H10N2OS2/c1-5(9)2-3-10-6-8-7-4-11-6/h4-5,9H,2-3H2,1H3. The van der Waals surface area contributed by atoms with Gasteiger partial charge in [-0.25, -0.2) is 0 Å². The van der Waals surface area contributed by atoms with Gasteiger partial charge in [0.05, 0.1) is 6.10 Å². The Morgan fingerprint density at radius 1 is 1.82 bits per heavy atom. The third kappa shape index (κ3) is 3.69. The third-order valence-electron chi connectivity index (χ3n) is 1.10. The average Bonchev–Trinajstić information content (AvgIpc) is 2.39. The van der Waals surface area contributed by atoms with E-state index in [9.17, 15) is 0 Å². The van der Waals surface area contributed by atoms with Gasteiger partial charge in [-0.1, -0.05) is 23.1 Å². The Morgan fingerprint density at radius 2 is 2.64 bits per heavy atom. The predicted molar refractivity (Wildman–Crippen MR) is 46.9 cm³/mol. The molecule has 1 N–H and O–H groups in total. The first-order valence-corrected chi connectivity index (χ1v) is 5.22. The number of hydrogen-bond acceptors (Lipinski definition) is 5. The second-order valence-electron chi connectivity index (χ2n) is 2.19. The summed E-state index contributed by atoms with van der Waals surface area (Å²) in [6.45, 7) is 1.79. The number of aliphatic hydroxyl groups excluding tert-OH is 1. The number of aromatic nitrogens is 2. The molecule has 11 heavy (non-hydrogen) atoms. The van der Waals surface area contributed by atoms with E-state index in [1.54, 1.807) is 24.2 Å². The first-order chi connectivity index (χ1) is 5.29. The topological polar surface area (TPSA) is 46.0 Å². The van der Waals surface area contributed by atoms with Crippen LogP contribution in [0.3, 0.4) is 0 Å². The van der Waals surface area contributed by atoms with Gasteiger partial charge < -0.3 is 5.11 Å². The number of nitrogens with zero attached hydrogens (tertiary/aromatic N) is 2. The van der Waals surface area contributed by atoms with Crippen LogP contribution in [0.2, 0.25) is 0 Å². The maximum atomic E-state index is 8.94. The lowest BCUT2D eigenvalue weighted by Crippen LogP contribution is -1.99. The van der Waals surface area contributed by atoms with Crippen molar-refractivity contribution in [3.8, 4) is 0 Å². The summed E-state index contributed by atoms with van der Waals surface area (Å²) in [7, 11) is 0. The van der Waals surface area contributed by atoms with Gasteiger partial charge in [0.1, 0.15) is 5.51 Å². The Bertz CT molecular complexity index is 188. The van der Waals surface area contributed by atoms with Crippen LogP contribution < -0.4 is 0 Å². The van der Waals surface area contributed by atoms with Crippen molar-refractivity contribution in [1.82, 2.24) is 10.2 Å². The van der Waals surface area contributed by atoms with E-state index in [0.29, 0.717) is 0 Å². The predicted octanol–water partition coefficient (Wildman–Crippen LogP) is 1.40. The summed E-state index contributed by atoms with van der Waals surface area (Å²) in [5.74, 6) is 0.910. The van der Waals surface area contributed by atoms with Gasteiger partial charge in [0.2, 0.25) is 0 Å². The Hall–Kier alpha value is -0.130. The number of hydrogen-bond donors (Lipinski definition) is 1. The molecule has 0 aromatic carbocycles. The van der Waals surface area contributed by atoms with Crippen LogP contribution in [0.5, 0.6) is 0 Å². The van der Waals surface area contributed by atoms with E-state index in [2.05, 4.69) is 10.2 Å². The molecule has 1 heterocycles. The van der Waals surface area contributed by atoms with E-state index in [4.69, 9.17) is 5.11 Å². The summed E-state index contributed by atoms with van der Waals surface area (Å²) in [4.78, 5) is 0. The van der Waals surface area contributed by atoms with Crippen LogP contribution in [-0.4, -0.2) is 27.2 Å². The Kier molecular flexibility index (Phi) is 3.82. The third-order valence-corrected chi connectivity index (χ3v) is 2.99. The van der Waals surface area contributed by atoms with Gasteiger partial charge in [0.25, 0.3) is 0 Å². The molecule has 0 aliphatic heterocycles. The van der Waals surface area contributed by atoms with E-state index in [0.717, 1.165) is 16.5 Å². The number of aliphatic hydroxyl groups is 1. The van der Waals surface area contributed by atoms with Crippen LogP contribution >= 0.6 is 23.1 Å². The van der Waals surface area contributed by atoms with Gasteiger partial charge in [-0.05, 0) is 13.3 Å². The summed E-state index contributed by atoms with van der Waals surface area (Å²) in [5, 5.41) is 16.5. The molecular weight excluding hydrogens is 180 g/mol. The van der Waals surface area contributed by atoms with E-state index in [-0.39, 0.29) is 6.10 Å². The maximum Gasteiger partial charge on any atom is 0.174 e. The van der Waals surface area contributed by atoms with Crippen molar-refractivity contribution >= 4 is 23.1 Å². The Labute approximate surface area is 73.9 Å². The molecular formula is C6H10N2OS2. The number of thioether (sulfide) groups is 1. The zero-order chi connectivity index (χ0) is 8.10. The fourth-order valence-corrected chi connectivity index (χ4v) is 2.21. The summed E-state index contributed by atoms with van der Waals surface area (Å²) in [5.41, 5.74) is 1.71. The molecule has 0 fully saturated rings. The van der Waals surface area contributed by atoms with Gasteiger partial charge in [0, 0.05) is 5.75 Å². The molecule has 0 spiro atoms. The highest BCUT2D eigenvalue weighted by atomic mass is 32.2. The second-order valence-corrected chi connectivity index (χ2v) is 4.37. The summed E-state index contributed by atoms with van der Waals surface area (Å²) < 4.78 is 0.977. The van der Waals surface area contributed by atoms with Crippen molar-refractivity contribution in [2.45, 2.75) is 23.8 Å². The van der Waals surface area contributed by atoms with Gasteiger partial charge in [-0.15, -0.1) is 10.2 Å². The van der Waals surface area contributed by atoms with E-state index >= 15 is 0 Å². The molecule has 0 saturated carbocycles. The van der Waals surface area contributed by atoms with Crippen LogP contribution in [0.4, 0.5) is 0 Å². The lowest BCUT2D eigenvalue weighted by atomic mass is 10.3. The maximum absolute atomic E-state index is 8.94. The molecule has 0 aliphatic carbocycles. The second kappa shape index (κ2) is 4.69. The summed E-state index contributed by atoms with van der Waals surface area (Å²) in [6, 6.07) is 0. The van der Waals surface area contributed by atoms with Crippen LogP contribution in [0.25, 0.3) is 0 Å². The molecule has 1 atom stereocenters. The lowest BCUT2D eigenvalue weighted by Gasteiger charge is -1.99. The molecule has 62 valence electrons. The van der Waals surface area contributed by atoms with Crippen molar-refractivity contribution in [3.05, 3.63) is 5.51 Å². The fraction of sp³-hybridized carbons (Fsp3) is 0.667. The number of rotatable bonds is 4. The molecule has 0 aliphatic rings. The van der Waals surface area contributed by atoms with E-state index in [1.165, 1.54) is 11.3 Å². The molecule has 0 radical (unpaired) electrons. The first-order valence-electron chi connectivity index (χ1n) is 3.36. The molecule has 0 saturated heterocycles. The highest BCUT2D eigenvalue weighted by Gasteiger charge is 1.99. The minimum atomic E-state index is -0.213. The molecule has 1 aromatic heterocycles.